The second-order valence-electron chi connectivity index (χ2n) is 7.91. The molecule has 1 N–H and O–H groups in total. The van der Waals surface area contributed by atoms with Gasteiger partial charge >= 0.3 is 0 Å². The number of β-amino-alcohol motifs (C(OH)–C–C–N with tert-alkyl or cyclic N) is 1. The van der Waals surface area contributed by atoms with Gasteiger partial charge in [-0.25, -0.2) is 0 Å². The molecule has 0 unspecified atom stereocenters. The van der Waals surface area contributed by atoms with Crippen molar-refractivity contribution in [3.63, 3.8) is 0 Å². The largest absolute Gasteiger partial charge is 0.483 e. The van der Waals surface area contributed by atoms with Crippen LogP contribution in [0.2, 0.25) is 0 Å². The molecule has 3 rings (SSSR count). The van der Waals surface area contributed by atoms with Gasteiger partial charge in [0, 0.05) is 26.2 Å². The first kappa shape index (κ1) is 19.7. The number of nitrogens with zero attached hydrogens (tertiary/aromatic N) is 2. The van der Waals surface area contributed by atoms with E-state index in [1.165, 1.54) is 0 Å². The fourth-order valence-electron chi connectivity index (χ4n) is 4.32. The number of rotatable bonds is 5. The Morgan fingerprint density at radius 3 is 2.67 bits per heavy atom. The van der Waals surface area contributed by atoms with E-state index in [0.29, 0.717) is 32.6 Å². The van der Waals surface area contributed by atoms with Crippen molar-refractivity contribution in [3.8, 4) is 5.75 Å². The van der Waals surface area contributed by atoms with E-state index in [4.69, 9.17) is 4.74 Å². The second-order valence-corrected chi connectivity index (χ2v) is 7.91. The fourth-order valence-corrected chi connectivity index (χ4v) is 4.32. The Bertz CT molecular complexity index is 731. The maximum atomic E-state index is 12.9. The molecule has 0 saturated carbocycles. The molecular weight excluding hydrogens is 344 g/mol. The Labute approximate surface area is 161 Å². The van der Waals surface area contributed by atoms with Gasteiger partial charge in [-0.05, 0) is 56.7 Å². The number of piperidine rings is 1. The van der Waals surface area contributed by atoms with Crippen LogP contribution < -0.4 is 4.74 Å². The van der Waals surface area contributed by atoms with E-state index in [1.54, 1.807) is 9.80 Å². The zero-order chi connectivity index (χ0) is 19.6. The van der Waals surface area contributed by atoms with Crippen LogP contribution >= 0.6 is 0 Å². The summed E-state index contributed by atoms with van der Waals surface area (Å²) in [6.07, 6.45) is 2.43. The number of likely N-dealkylation sites (tertiary alicyclic amines) is 2. The Kier molecular flexibility index (Phi) is 5.75. The Balaban J connectivity index is 1.63. The van der Waals surface area contributed by atoms with Crippen molar-refractivity contribution in [2.45, 2.75) is 40.0 Å². The van der Waals surface area contributed by atoms with E-state index in [0.717, 1.165) is 35.3 Å². The highest BCUT2D eigenvalue weighted by Crippen LogP contribution is 2.40. The summed E-state index contributed by atoms with van der Waals surface area (Å²) in [6.45, 7) is 8.11. The first-order valence-corrected chi connectivity index (χ1v) is 9.75. The van der Waals surface area contributed by atoms with Gasteiger partial charge in [-0.3, -0.25) is 9.59 Å². The van der Waals surface area contributed by atoms with Crippen LogP contribution in [-0.4, -0.2) is 66.1 Å². The highest BCUT2D eigenvalue weighted by Gasteiger charge is 2.49. The van der Waals surface area contributed by atoms with Crippen molar-refractivity contribution in [2.24, 2.45) is 5.41 Å². The summed E-state index contributed by atoms with van der Waals surface area (Å²) in [6, 6.07) is 4.06. The first-order chi connectivity index (χ1) is 12.9. The SMILES string of the molecule is Cc1ccc(C)c(OCC(=O)N2CC[C@]3(CCCN(CCO)C3=O)C2)c1C. The highest BCUT2D eigenvalue weighted by molar-refractivity contribution is 5.86. The van der Waals surface area contributed by atoms with Gasteiger partial charge in [0.25, 0.3) is 5.91 Å². The van der Waals surface area contributed by atoms with Crippen LogP contribution in [0.4, 0.5) is 0 Å². The lowest BCUT2D eigenvalue weighted by Crippen LogP contribution is -2.51. The molecule has 2 saturated heterocycles. The number of ether oxygens (including phenoxy) is 1. The smallest absolute Gasteiger partial charge is 0.260 e. The normalized spacial score (nSPS) is 22.6. The van der Waals surface area contributed by atoms with E-state index in [-0.39, 0.29) is 25.0 Å². The van der Waals surface area contributed by atoms with E-state index >= 15 is 0 Å². The molecule has 0 aliphatic carbocycles. The average molecular weight is 374 g/mol. The zero-order valence-electron chi connectivity index (χ0n) is 16.6. The number of hydrogen-bond donors (Lipinski definition) is 1. The number of amides is 2. The number of benzene rings is 1. The average Bonchev–Trinajstić information content (AvgIpc) is 3.07. The van der Waals surface area contributed by atoms with Crippen molar-refractivity contribution in [1.29, 1.82) is 0 Å². The van der Waals surface area contributed by atoms with Crippen LogP contribution in [0.5, 0.6) is 5.75 Å². The zero-order valence-corrected chi connectivity index (χ0v) is 16.6. The number of carbonyl (C=O) groups excluding carboxylic acids is 2. The van der Waals surface area contributed by atoms with Crippen LogP contribution in [-0.2, 0) is 9.59 Å². The lowest BCUT2D eigenvalue weighted by molar-refractivity contribution is -0.146. The molecular formula is C21H30N2O4. The third-order valence-corrected chi connectivity index (χ3v) is 6.11. The summed E-state index contributed by atoms with van der Waals surface area (Å²) in [4.78, 5) is 29.1. The van der Waals surface area contributed by atoms with E-state index < -0.39 is 5.41 Å². The molecule has 2 aliphatic rings. The standard InChI is InChI=1S/C21H30N2O4/c1-15-5-6-16(2)19(17(15)3)27-13-18(25)23-10-8-21(14-23)7-4-9-22(11-12-24)20(21)26/h5-6,24H,4,7-14H2,1-3H3/t21-/m1/s1. The lowest BCUT2D eigenvalue weighted by Gasteiger charge is -2.39. The van der Waals surface area contributed by atoms with Gasteiger partial charge in [-0.15, -0.1) is 0 Å². The van der Waals surface area contributed by atoms with E-state index in [2.05, 4.69) is 6.07 Å². The number of carbonyl (C=O) groups is 2. The number of hydrogen-bond acceptors (Lipinski definition) is 4. The van der Waals surface area contributed by atoms with Gasteiger partial charge in [0.1, 0.15) is 5.75 Å². The predicted molar refractivity (Wildman–Crippen MR) is 103 cm³/mol. The molecule has 6 nitrogen and oxygen atoms in total. The van der Waals surface area contributed by atoms with Crippen LogP contribution in [0, 0.1) is 26.2 Å². The Morgan fingerprint density at radius 2 is 1.93 bits per heavy atom. The molecule has 148 valence electrons. The predicted octanol–water partition coefficient (Wildman–Crippen LogP) is 1.82. The van der Waals surface area contributed by atoms with Crippen molar-refractivity contribution in [3.05, 3.63) is 28.8 Å². The molecule has 2 aliphatic heterocycles. The molecule has 2 fully saturated rings. The monoisotopic (exact) mass is 374 g/mol. The van der Waals surface area contributed by atoms with E-state index in [1.807, 2.05) is 26.8 Å². The van der Waals surface area contributed by atoms with Gasteiger partial charge in [0.2, 0.25) is 5.91 Å². The molecule has 0 bridgehead atoms. The van der Waals surface area contributed by atoms with Crippen LogP contribution in [0.25, 0.3) is 0 Å². The van der Waals surface area contributed by atoms with Crippen LogP contribution in [0.15, 0.2) is 12.1 Å². The second kappa shape index (κ2) is 7.89. The van der Waals surface area contributed by atoms with Crippen LogP contribution in [0.1, 0.15) is 36.0 Å². The lowest BCUT2D eigenvalue weighted by atomic mass is 9.78. The topological polar surface area (TPSA) is 70.1 Å². The van der Waals surface area contributed by atoms with Gasteiger partial charge in [-0.2, -0.15) is 0 Å². The Morgan fingerprint density at radius 1 is 1.19 bits per heavy atom. The van der Waals surface area contributed by atoms with Gasteiger partial charge < -0.3 is 19.6 Å². The van der Waals surface area contributed by atoms with Crippen molar-refractivity contribution in [2.75, 3.05) is 39.4 Å². The van der Waals surface area contributed by atoms with Crippen molar-refractivity contribution >= 4 is 11.8 Å². The third kappa shape index (κ3) is 3.81. The maximum absolute atomic E-state index is 12.9. The van der Waals surface area contributed by atoms with Gasteiger partial charge in [0.15, 0.2) is 6.61 Å². The maximum Gasteiger partial charge on any atom is 0.260 e. The first-order valence-electron chi connectivity index (χ1n) is 9.75. The molecule has 1 aromatic carbocycles. The molecule has 1 aromatic rings. The number of aliphatic hydroxyl groups is 1. The molecule has 0 aromatic heterocycles. The number of aliphatic hydroxyl groups excluding tert-OH is 1. The summed E-state index contributed by atoms with van der Waals surface area (Å²) in [7, 11) is 0. The fraction of sp³-hybridized carbons (Fsp3) is 0.619. The number of aryl methyl sites for hydroxylation is 2. The molecule has 6 heteroatoms. The summed E-state index contributed by atoms with van der Waals surface area (Å²) in [5, 5.41) is 9.18. The quantitative estimate of drug-likeness (QED) is 0.854. The minimum atomic E-state index is -0.474. The molecule has 1 spiro atoms. The minimum absolute atomic E-state index is 0.00421. The summed E-state index contributed by atoms with van der Waals surface area (Å²) >= 11 is 0. The molecule has 27 heavy (non-hydrogen) atoms. The van der Waals surface area contributed by atoms with Gasteiger partial charge in [-0.1, -0.05) is 12.1 Å². The Hall–Kier alpha value is -2.08. The minimum Gasteiger partial charge on any atom is -0.483 e. The van der Waals surface area contributed by atoms with Gasteiger partial charge in [0.05, 0.1) is 12.0 Å². The summed E-state index contributed by atoms with van der Waals surface area (Å²) in [5.41, 5.74) is 2.74. The van der Waals surface area contributed by atoms with Crippen LogP contribution in [0.3, 0.4) is 0 Å². The summed E-state index contributed by atoms with van der Waals surface area (Å²) in [5.74, 6) is 0.795. The summed E-state index contributed by atoms with van der Waals surface area (Å²) < 4.78 is 5.87. The van der Waals surface area contributed by atoms with E-state index in [9.17, 15) is 14.7 Å². The highest BCUT2D eigenvalue weighted by atomic mass is 16.5. The van der Waals surface area contributed by atoms with Crippen molar-refractivity contribution < 1.29 is 19.4 Å². The van der Waals surface area contributed by atoms with Crippen molar-refractivity contribution in [1.82, 2.24) is 9.80 Å². The molecule has 1 atom stereocenters. The molecule has 0 radical (unpaired) electrons. The molecule has 2 amide bonds. The molecule has 2 heterocycles. The third-order valence-electron chi connectivity index (χ3n) is 6.11.